The Balaban J connectivity index is 1.96. The van der Waals surface area contributed by atoms with Gasteiger partial charge in [-0.15, -0.1) is 0 Å². The van der Waals surface area contributed by atoms with Gasteiger partial charge in [0.25, 0.3) is 0 Å². The minimum atomic E-state index is -0.267. The van der Waals surface area contributed by atoms with E-state index in [1.54, 1.807) is 23.0 Å². The summed E-state index contributed by atoms with van der Waals surface area (Å²) < 4.78 is 14.7. The Kier molecular flexibility index (Phi) is 2.70. The first kappa shape index (κ1) is 11.7. The SMILES string of the molecule is Cn1cc(C2CN=C(N)N2c2ccc(F)cc2)cn1. The van der Waals surface area contributed by atoms with Crippen molar-refractivity contribution in [3.63, 3.8) is 0 Å². The Labute approximate surface area is 110 Å². The number of benzene rings is 1. The molecule has 1 aliphatic rings. The van der Waals surface area contributed by atoms with Crippen LogP contribution in [0.4, 0.5) is 10.1 Å². The van der Waals surface area contributed by atoms with E-state index in [9.17, 15) is 4.39 Å². The van der Waals surface area contributed by atoms with Crippen LogP contribution >= 0.6 is 0 Å². The Morgan fingerprint density at radius 1 is 1.32 bits per heavy atom. The summed E-state index contributed by atoms with van der Waals surface area (Å²) in [6.45, 7) is 0.578. The molecule has 0 spiro atoms. The van der Waals surface area contributed by atoms with E-state index in [2.05, 4.69) is 10.1 Å². The van der Waals surface area contributed by atoms with E-state index in [-0.39, 0.29) is 11.9 Å². The summed E-state index contributed by atoms with van der Waals surface area (Å²) in [5, 5.41) is 4.17. The van der Waals surface area contributed by atoms with Gasteiger partial charge in [-0.3, -0.25) is 9.67 Å². The fourth-order valence-electron chi connectivity index (χ4n) is 2.28. The standard InChI is InChI=1S/C13H14FN5/c1-18-8-9(6-17-18)12-7-16-13(15)19(12)11-4-2-10(14)3-5-11/h2-6,8,12H,7H2,1H3,(H2,15,16). The Morgan fingerprint density at radius 2 is 2.05 bits per heavy atom. The van der Waals surface area contributed by atoms with Crippen molar-refractivity contribution in [1.29, 1.82) is 0 Å². The zero-order valence-electron chi connectivity index (χ0n) is 10.5. The van der Waals surface area contributed by atoms with Crippen molar-refractivity contribution in [1.82, 2.24) is 9.78 Å². The number of rotatable bonds is 2. The zero-order valence-corrected chi connectivity index (χ0v) is 10.5. The molecule has 0 amide bonds. The molecule has 0 aliphatic carbocycles. The largest absolute Gasteiger partial charge is 0.369 e. The van der Waals surface area contributed by atoms with Crippen molar-refractivity contribution in [2.45, 2.75) is 6.04 Å². The van der Waals surface area contributed by atoms with E-state index in [1.165, 1.54) is 12.1 Å². The van der Waals surface area contributed by atoms with E-state index in [0.29, 0.717) is 12.5 Å². The first-order valence-electron chi connectivity index (χ1n) is 5.98. The maximum Gasteiger partial charge on any atom is 0.196 e. The van der Waals surface area contributed by atoms with Gasteiger partial charge in [0.2, 0.25) is 0 Å². The fourth-order valence-corrected chi connectivity index (χ4v) is 2.28. The van der Waals surface area contributed by atoms with Crippen LogP contribution in [0, 0.1) is 5.82 Å². The first-order chi connectivity index (χ1) is 9.15. The van der Waals surface area contributed by atoms with Gasteiger partial charge in [0.1, 0.15) is 5.82 Å². The van der Waals surface area contributed by atoms with Crippen molar-refractivity contribution >= 4 is 11.6 Å². The third-order valence-electron chi connectivity index (χ3n) is 3.20. The molecule has 1 aromatic carbocycles. The van der Waals surface area contributed by atoms with Crippen LogP contribution in [-0.4, -0.2) is 22.3 Å². The van der Waals surface area contributed by atoms with Gasteiger partial charge in [-0.25, -0.2) is 4.39 Å². The van der Waals surface area contributed by atoms with Crippen LogP contribution in [0.2, 0.25) is 0 Å². The number of aryl methyl sites for hydroxylation is 1. The summed E-state index contributed by atoms with van der Waals surface area (Å²) in [5.41, 5.74) is 7.80. The smallest absolute Gasteiger partial charge is 0.196 e. The molecule has 5 nitrogen and oxygen atoms in total. The highest BCUT2D eigenvalue weighted by Crippen LogP contribution is 2.30. The number of aromatic nitrogens is 2. The van der Waals surface area contributed by atoms with Gasteiger partial charge in [0.15, 0.2) is 5.96 Å². The second-order valence-electron chi connectivity index (χ2n) is 4.51. The second kappa shape index (κ2) is 4.38. The summed E-state index contributed by atoms with van der Waals surface area (Å²) in [4.78, 5) is 6.17. The third-order valence-corrected chi connectivity index (χ3v) is 3.20. The van der Waals surface area contributed by atoms with Crippen molar-refractivity contribution in [3.05, 3.63) is 48.0 Å². The van der Waals surface area contributed by atoms with Crippen LogP contribution in [-0.2, 0) is 7.05 Å². The molecule has 0 saturated heterocycles. The molecule has 2 aromatic rings. The summed E-state index contributed by atoms with van der Waals surface area (Å²) in [7, 11) is 1.87. The van der Waals surface area contributed by atoms with E-state index in [1.807, 2.05) is 18.1 Å². The predicted molar refractivity (Wildman–Crippen MR) is 71.3 cm³/mol. The topological polar surface area (TPSA) is 59.4 Å². The molecular weight excluding hydrogens is 245 g/mol. The maximum absolute atomic E-state index is 13.0. The van der Waals surface area contributed by atoms with Gasteiger partial charge in [-0.1, -0.05) is 0 Å². The highest BCUT2D eigenvalue weighted by atomic mass is 19.1. The molecule has 3 rings (SSSR count). The monoisotopic (exact) mass is 259 g/mol. The zero-order chi connectivity index (χ0) is 13.4. The first-order valence-corrected chi connectivity index (χ1v) is 5.98. The van der Waals surface area contributed by atoms with E-state index in [0.717, 1.165) is 11.3 Å². The molecule has 0 fully saturated rings. The Bertz CT molecular complexity index is 616. The van der Waals surface area contributed by atoms with Crippen molar-refractivity contribution in [2.75, 3.05) is 11.4 Å². The normalized spacial score (nSPS) is 18.7. The van der Waals surface area contributed by atoms with Gasteiger partial charge >= 0.3 is 0 Å². The molecule has 19 heavy (non-hydrogen) atoms. The number of hydrogen-bond acceptors (Lipinski definition) is 4. The molecule has 2 heterocycles. The number of nitrogens with two attached hydrogens (primary N) is 1. The molecule has 6 heteroatoms. The average Bonchev–Trinajstić information content (AvgIpc) is 2.97. The molecule has 2 N–H and O–H groups in total. The predicted octanol–water partition coefficient (Wildman–Crippen LogP) is 1.44. The number of nitrogens with zero attached hydrogens (tertiary/aromatic N) is 4. The number of anilines is 1. The molecule has 1 atom stereocenters. The lowest BCUT2D eigenvalue weighted by Crippen LogP contribution is -2.36. The van der Waals surface area contributed by atoms with E-state index >= 15 is 0 Å². The van der Waals surface area contributed by atoms with Crippen LogP contribution < -0.4 is 10.6 Å². The number of aliphatic imine (C=N–C) groups is 1. The van der Waals surface area contributed by atoms with E-state index < -0.39 is 0 Å². The quantitative estimate of drug-likeness (QED) is 0.887. The molecule has 0 saturated carbocycles. The molecular formula is C13H14FN5. The molecule has 1 aromatic heterocycles. The summed E-state index contributed by atoms with van der Waals surface area (Å²) in [6.07, 6.45) is 3.74. The van der Waals surface area contributed by atoms with Gasteiger partial charge in [0.05, 0.1) is 18.8 Å². The highest BCUT2D eigenvalue weighted by Gasteiger charge is 2.29. The lowest BCUT2D eigenvalue weighted by atomic mass is 10.1. The molecule has 1 unspecified atom stereocenters. The lowest BCUT2D eigenvalue weighted by Gasteiger charge is -2.25. The number of guanidine groups is 1. The summed E-state index contributed by atoms with van der Waals surface area (Å²) >= 11 is 0. The molecule has 0 bridgehead atoms. The summed E-state index contributed by atoms with van der Waals surface area (Å²) in [6, 6.07) is 6.25. The van der Waals surface area contributed by atoms with Gasteiger partial charge in [-0.05, 0) is 24.3 Å². The molecule has 98 valence electrons. The average molecular weight is 259 g/mol. The summed E-state index contributed by atoms with van der Waals surface area (Å²) in [5.74, 6) is 0.178. The maximum atomic E-state index is 13.0. The Morgan fingerprint density at radius 3 is 2.68 bits per heavy atom. The van der Waals surface area contributed by atoms with E-state index in [4.69, 9.17) is 5.73 Å². The van der Waals surface area contributed by atoms with Crippen LogP contribution in [0.3, 0.4) is 0 Å². The van der Waals surface area contributed by atoms with Crippen molar-refractivity contribution < 1.29 is 4.39 Å². The molecule has 1 aliphatic heterocycles. The third kappa shape index (κ3) is 2.05. The van der Waals surface area contributed by atoms with Crippen LogP contribution in [0.15, 0.2) is 41.7 Å². The van der Waals surface area contributed by atoms with Crippen LogP contribution in [0.1, 0.15) is 11.6 Å². The Hall–Kier alpha value is -2.37. The minimum absolute atomic E-state index is 0.0131. The van der Waals surface area contributed by atoms with Crippen molar-refractivity contribution in [3.8, 4) is 0 Å². The van der Waals surface area contributed by atoms with Crippen molar-refractivity contribution in [2.24, 2.45) is 17.8 Å². The van der Waals surface area contributed by atoms with Crippen LogP contribution in [0.5, 0.6) is 0 Å². The van der Waals surface area contributed by atoms with Gasteiger partial charge in [-0.2, -0.15) is 5.10 Å². The minimum Gasteiger partial charge on any atom is -0.369 e. The van der Waals surface area contributed by atoms with Gasteiger partial charge < -0.3 is 10.6 Å². The van der Waals surface area contributed by atoms with Crippen LogP contribution in [0.25, 0.3) is 0 Å². The highest BCUT2D eigenvalue weighted by molar-refractivity contribution is 5.97. The fraction of sp³-hybridized carbons (Fsp3) is 0.231. The second-order valence-corrected chi connectivity index (χ2v) is 4.51. The number of hydrogen-bond donors (Lipinski definition) is 1. The molecule has 0 radical (unpaired) electrons. The number of halogens is 1. The lowest BCUT2D eigenvalue weighted by molar-refractivity contribution is 0.627. The van der Waals surface area contributed by atoms with Gasteiger partial charge in [0, 0.05) is 24.5 Å².